The van der Waals surface area contributed by atoms with Crippen LogP contribution in [0.15, 0.2) is 152 Å². The summed E-state index contributed by atoms with van der Waals surface area (Å²) in [5.74, 6) is 1.69. The number of aromatic amines is 5. The fraction of sp³-hybridized carbons (Fsp3) is 0.293. The summed E-state index contributed by atoms with van der Waals surface area (Å²) in [5.41, 5.74) is 17.8. The zero-order valence-corrected chi connectivity index (χ0v) is 42.3. The molecule has 0 saturated heterocycles. The van der Waals surface area contributed by atoms with E-state index < -0.39 is 0 Å². The van der Waals surface area contributed by atoms with Crippen molar-refractivity contribution in [3.05, 3.63) is 208 Å². The second kappa shape index (κ2) is 27.5. The molecule has 6 aromatic heterocycles. The van der Waals surface area contributed by atoms with Gasteiger partial charge in [0.25, 0.3) is 0 Å². The summed E-state index contributed by atoms with van der Waals surface area (Å²) in [4.78, 5) is 29.7. The van der Waals surface area contributed by atoms with Crippen LogP contribution in [0.3, 0.4) is 0 Å². The van der Waals surface area contributed by atoms with Crippen molar-refractivity contribution in [1.82, 2.24) is 61.1 Å². The van der Waals surface area contributed by atoms with E-state index in [9.17, 15) is 0 Å². The molecule has 16 rings (SSSR count). The third kappa shape index (κ3) is 15.1. The molecule has 378 valence electrons. The summed E-state index contributed by atoms with van der Waals surface area (Å²) in [6.45, 7) is 8.87. The Morgan fingerprint density at radius 1 is 0.411 bits per heavy atom. The molecule has 11 heterocycles. The number of nitrogens with one attached hydrogen (secondary N) is 9. The lowest BCUT2D eigenvalue weighted by Gasteiger charge is -2.15. The quantitative estimate of drug-likeness (QED) is 0.0714. The Labute approximate surface area is 431 Å². The van der Waals surface area contributed by atoms with Crippen LogP contribution in [0.2, 0.25) is 0 Å². The summed E-state index contributed by atoms with van der Waals surface area (Å²) in [7, 11) is 0. The molecule has 10 aromatic rings. The van der Waals surface area contributed by atoms with Crippen LogP contribution in [0.25, 0.3) is 21.9 Å². The number of aryl methyl sites for hydroxylation is 2. The second-order valence-corrected chi connectivity index (χ2v) is 19.0. The molecule has 6 aliphatic rings. The third-order valence-electron chi connectivity index (χ3n) is 13.1. The van der Waals surface area contributed by atoms with Crippen molar-refractivity contribution >= 4 is 33.3 Å². The average molecular weight is 997 g/mol. The van der Waals surface area contributed by atoms with Crippen molar-refractivity contribution in [2.24, 2.45) is 0 Å². The number of hydrogen-bond acceptors (Lipinski definition) is 10. The van der Waals surface area contributed by atoms with Gasteiger partial charge in [-0.05, 0) is 128 Å². The fourth-order valence-electron chi connectivity index (χ4n) is 9.10. The standard InChI is InChI=1S/C9H11N.C8H7N.2C7H10N2.C7H6N2.C7H9NS.C7H6O2.C6H9N3/c1-2-4-9-7-10-6-5-8(9)3-1;1-2-4-8-7(3-1)5-6-9-8;1-4-9-7-2-3-8-5-6(1)7;1-3-8-5-7-6(1)2-4-9-7;3*1-2-4-7-6(3-1)8-5-9-7;1-2-7-3-6-5(1)8-4-9-6/h1-4,10H,5-7H2;1-6,9H;1,4,8-9H,2-3,5H2;2,4,8-9H,1,3,5H2;1-5H,(H,8,9);5H,1-4H2;1-4H,5H2;4,7H,1-3H2,(H,8,9). The third-order valence-corrected chi connectivity index (χ3v) is 14.0. The van der Waals surface area contributed by atoms with E-state index in [1.165, 1.54) is 105 Å². The molecule has 0 saturated carbocycles. The number of hydrogen-bond donors (Lipinski definition) is 9. The summed E-state index contributed by atoms with van der Waals surface area (Å²) in [6, 6.07) is 38.8. The van der Waals surface area contributed by atoms with Crippen LogP contribution in [-0.2, 0) is 64.7 Å². The minimum atomic E-state index is 0.360. The number of fused-ring (bicyclic) bond motifs is 8. The van der Waals surface area contributed by atoms with E-state index in [-0.39, 0.29) is 0 Å². The van der Waals surface area contributed by atoms with Gasteiger partial charge in [-0.15, -0.1) is 11.3 Å². The van der Waals surface area contributed by atoms with E-state index in [1.807, 2.05) is 96.1 Å². The number of para-hydroxylation sites is 5. The van der Waals surface area contributed by atoms with Crippen molar-refractivity contribution in [2.75, 3.05) is 33.0 Å². The van der Waals surface area contributed by atoms with Crippen LogP contribution >= 0.6 is 11.3 Å². The number of thiazole rings is 1. The maximum atomic E-state index is 5.08. The lowest BCUT2D eigenvalue weighted by Crippen LogP contribution is -2.23. The van der Waals surface area contributed by atoms with Crippen molar-refractivity contribution in [2.45, 2.75) is 77.5 Å². The minimum Gasteiger partial charge on any atom is -0.454 e. The Hall–Kier alpha value is -7.27. The smallest absolute Gasteiger partial charge is 0.231 e. The Morgan fingerprint density at radius 3 is 1.81 bits per heavy atom. The highest BCUT2D eigenvalue weighted by molar-refractivity contribution is 7.09. The van der Waals surface area contributed by atoms with Crippen LogP contribution in [0, 0.1) is 0 Å². The summed E-state index contributed by atoms with van der Waals surface area (Å²) in [6.07, 6.45) is 19.2. The Balaban J connectivity index is 0.000000103. The van der Waals surface area contributed by atoms with Crippen LogP contribution < -0.4 is 30.7 Å². The molecule has 15 heteroatoms. The number of ether oxygens (including phenoxy) is 2. The maximum Gasteiger partial charge on any atom is 0.231 e. The van der Waals surface area contributed by atoms with Crippen molar-refractivity contribution < 1.29 is 9.47 Å². The van der Waals surface area contributed by atoms with Gasteiger partial charge in [-0.1, -0.05) is 66.7 Å². The van der Waals surface area contributed by atoms with E-state index in [4.69, 9.17) is 9.47 Å². The van der Waals surface area contributed by atoms with Gasteiger partial charge in [0.05, 0.1) is 46.3 Å². The topological polar surface area (TPSA) is 184 Å². The monoisotopic (exact) mass is 997 g/mol. The first-order valence-corrected chi connectivity index (χ1v) is 26.5. The Bertz CT molecular complexity index is 2700. The molecule has 9 N–H and O–H groups in total. The lowest BCUT2D eigenvalue weighted by atomic mass is 10.0. The highest BCUT2D eigenvalue weighted by Crippen LogP contribution is 2.30. The predicted molar refractivity (Wildman–Crippen MR) is 294 cm³/mol. The maximum absolute atomic E-state index is 5.08. The molecule has 0 atom stereocenters. The van der Waals surface area contributed by atoms with Gasteiger partial charge in [-0.25, -0.2) is 15.0 Å². The SMILES string of the molecule is c1cc2c([nH]1)CCNC2.c1cc2c([nH]1)CNCC2.c1ccc2[nH]ccc2c1.c1ccc2[nH]cnc2c1.c1ccc2c(c1)CCNC2.c1ccc2c(c1)OCO2.c1nc2c([nH]1)CNCC2.c1nc2c(s1)CCCC2. The van der Waals surface area contributed by atoms with E-state index in [0.717, 1.165) is 87.7 Å². The largest absolute Gasteiger partial charge is 0.454 e. The van der Waals surface area contributed by atoms with E-state index >= 15 is 0 Å². The molecule has 4 aromatic carbocycles. The number of rotatable bonds is 0. The molecule has 5 aliphatic heterocycles. The summed E-state index contributed by atoms with van der Waals surface area (Å²) < 4.78 is 10.2. The predicted octanol–water partition coefficient (Wildman–Crippen LogP) is 9.88. The molecule has 0 fully saturated rings. The van der Waals surface area contributed by atoms with E-state index in [2.05, 4.69) is 116 Å². The first kappa shape index (κ1) is 50.7. The molecule has 14 nitrogen and oxygen atoms in total. The first-order valence-electron chi connectivity index (χ1n) is 25.6. The summed E-state index contributed by atoms with van der Waals surface area (Å²) in [5, 5.41) is 14.5. The first-order chi connectivity index (χ1) is 36.2. The molecule has 73 heavy (non-hydrogen) atoms. The van der Waals surface area contributed by atoms with Gasteiger partial charge in [0, 0.05) is 92.5 Å². The molecule has 0 radical (unpaired) electrons. The lowest BCUT2D eigenvalue weighted by molar-refractivity contribution is 0.174. The molecular formula is C58H68N12O2S. The molecule has 0 amide bonds. The molecule has 0 bridgehead atoms. The highest BCUT2D eigenvalue weighted by atomic mass is 32.1. The number of aromatic nitrogens is 8. The fourth-order valence-corrected chi connectivity index (χ4v) is 9.96. The Kier molecular flexibility index (Phi) is 19.1. The van der Waals surface area contributed by atoms with Crippen LogP contribution in [0.1, 0.15) is 68.4 Å². The number of nitrogens with zero attached hydrogens (tertiary/aromatic N) is 3. The van der Waals surface area contributed by atoms with Gasteiger partial charge < -0.3 is 55.7 Å². The minimum absolute atomic E-state index is 0.360. The van der Waals surface area contributed by atoms with Gasteiger partial charge >= 0.3 is 0 Å². The molecule has 0 spiro atoms. The van der Waals surface area contributed by atoms with E-state index in [0.29, 0.717) is 6.79 Å². The zero-order chi connectivity index (χ0) is 49.5. The highest BCUT2D eigenvalue weighted by Gasteiger charge is 2.12. The Morgan fingerprint density at radius 2 is 1.04 bits per heavy atom. The van der Waals surface area contributed by atoms with Crippen LogP contribution in [-0.4, -0.2) is 72.8 Å². The number of H-pyrrole nitrogens is 5. The summed E-state index contributed by atoms with van der Waals surface area (Å²) >= 11 is 1.81. The van der Waals surface area contributed by atoms with Gasteiger partial charge in [0.1, 0.15) is 0 Å². The van der Waals surface area contributed by atoms with Gasteiger partial charge in [-0.2, -0.15) is 0 Å². The van der Waals surface area contributed by atoms with E-state index in [1.54, 1.807) is 12.7 Å². The second-order valence-electron chi connectivity index (χ2n) is 18.0. The van der Waals surface area contributed by atoms with Crippen LogP contribution in [0.5, 0.6) is 11.5 Å². The average Bonchev–Trinajstić information content (AvgIpc) is 4.33. The molecule has 1 aliphatic carbocycles. The van der Waals surface area contributed by atoms with Crippen LogP contribution in [0.4, 0.5) is 0 Å². The van der Waals surface area contributed by atoms with Gasteiger partial charge in [-0.3, -0.25) is 0 Å². The zero-order valence-electron chi connectivity index (χ0n) is 41.5. The van der Waals surface area contributed by atoms with Crippen molar-refractivity contribution in [1.29, 1.82) is 0 Å². The number of benzene rings is 4. The van der Waals surface area contributed by atoms with Gasteiger partial charge in [0.15, 0.2) is 11.5 Å². The van der Waals surface area contributed by atoms with Gasteiger partial charge in [0.2, 0.25) is 6.79 Å². The molecular weight excluding hydrogens is 929 g/mol. The van der Waals surface area contributed by atoms with Crippen molar-refractivity contribution in [3.8, 4) is 11.5 Å². The molecule has 0 unspecified atom stereocenters. The van der Waals surface area contributed by atoms with Crippen molar-refractivity contribution in [3.63, 3.8) is 0 Å². The normalized spacial score (nSPS) is 15.0. The number of imidazole rings is 2.